The molecule has 1 aromatic carbocycles. The van der Waals surface area contributed by atoms with Crippen molar-refractivity contribution in [3.8, 4) is 5.75 Å². The number of sulfonamides is 1. The van der Waals surface area contributed by atoms with Crippen LogP contribution in [0.3, 0.4) is 0 Å². The summed E-state index contributed by atoms with van der Waals surface area (Å²) in [5.74, 6) is 0.410. The van der Waals surface area contributed by atoms with E-state index in [1.54, 1.807) is 0 Å². The number of hydrogen-bond donors (Lipinski definition) is 2. The Bertz CT molecular complexity index is 653. The van der Waals surface area contributed by atoms with Gasteiger partial charge in [0.25, 0.3) is 10.0 Å². The Morgan fingerprint density at radius 1 is 1.16 bits per heavy atom. The summed E-state index contributed by atoms with van der Waals surface area (Å²) >= 11 is 0. The van der Waals surface area contributed by atoms with Crippen molar-refractivity contribution in [3.05, 3.63) is 36.7 Å². The molecular weight excluding hydrogens is 274 g/mol. The highest BCUT2D eigenvalue weighted by atomic mass is 32.2. The highest BCUT2D eigenvalue weighted by molar-refractivity contribution is 7.92. The van der Waals surface area contributed by atoms with Gasteiger partial charge in [0.2, 0.25) is 5.95 Å². The standard InChI is InChI=1S/C11H12N4O3S/c1-18-9-6-13-11(14-7-9)15-19(16,17)10-4-2-8(12)3-5-10/h2-7H,12H2,1H3,(H,13,14,15)/i2+1,3+1,4+1,5+1,8+1,10+1. The number of hydrogen-bond acceptors (Lipinski definition) is 6. The van der Waals surface area contributed by atoms with Gasteiger partial charge >= 0.3 is 0 Å². The van der Waals surface area contributed by atoms with E-state index in [4.69, 9.17) is 10.5 Å². The van der Waals surface area contributed by atoms with Gasteiger partial charge in [-0.15, -0.1) is 0 Å². The number of nitrogens with two attached hydrogens (primary N) is 1. The second-order valence-electron chi connectivity index (χ2n) is 3.62. The van der Waals surface area contributed by atoms with E-state index in [1.165, 1.54) is 43.8 Å². The smallest absolute Gasteiger partial charge is 0.264 e. The number of nitrogens with one attached hydrogen (secondary N) is 1. The first-order chi connectivity index (χ1) is 9.01. The Hall–Kier alpha value is -2.35. The molecule has 0 amide bonds. The summed E-state index contributed by atoms with van der Waals surface area (Å²) < 4.78 is 31.1. The van der Waals surface area contributed by atoms with Crippen LogP contribution in [0.15, 0.2) is 41.6 Å². The molecule has 0 aliphatic heterocycles. The Balaban J connectivity index is 2.23. The van der Waals surface area contributed by atoms with Crippen molar-refractivity contribution in [3.63, 3.8) is 0 Å². The Labute approximate surface area is 110 Å². The first kappa shape index (κ1) is 13.1. The SMILES string of the molecule is COc1cnc(NS(=O)(=O)[13c]2[13cH][13cH][13c](N)[13cH][13cH]2)nc1. The van der Waals surface area contributed by atoms with Gasteiger partial charge < -0.3 is 10.5 Å². The quantitative estimate of drug-likeness (QED) is 0.807. The Morgan fingerprint density at radius 2 is 1.74 bits per heavy atom. The number of benzene rings is 1. The van der Waals surface area contributed by atoms with Crippen LogP contribution in [-0.2, 0) is 10.0 Å². The van der Waals surface area contributed by atoms with Crippen molar-refractivity contribution in [2.24, 2.45) is 0 Å². The van der Waals surface area contributed by atoms with Gasteiger partial charge in [-0.05, 0) is 24.3 Å². The lowest BCUT2D eigenvalue weighted by Crippen LogP contribution is -2.14. The zero-order chi connectivity index (χ0) is 13.9. The van der Waals surface area contributed by atoms with Gasteiger partial charge in [-0.1, -0.05) is 0 Å². The van der Waals surface area contributed by atoms with Gasteiger partial charge in [0, 0.05) is 5.69 Å². The minimum Gasteiger partial charge on any atom is -0.494 e. The van der Waals surface area contributed by atoms with Crippen LogP contribution in [0.4, 0.5) is 11.6 Å². The van der Waals surface area contributed by atoms with Crippen molar-refractivity contribution in [2.45, 2.75) is 4.90 Å². The maximum absolute atomic E-state index is 12.0. The maximum Gasteiger partial charge on any atom is 0.264 e. The normalized spacial score (nSPS) is 11.0. The van der Waals surface area contributed by atoms with E-state index in [1.807, 2.05) is 0 Å². The average Bonchev–Trinajstić information content (AvgIpc) is 2.40. The predicted octanol–water partition coefficient (Wildman–Crippen LogP) is 0.868. The summed E-state index contributed by atoms with van der Waals surface area (Å²) in [6.07, 6.45) is 2.74. The molecule has 19 heavy (non-hydrogen) atoms. The molecule has 0 aliphatic carbocycles. The molecule has 1 aromatic heterocycles. The number of ether oxygens (including phenoxy) is 1. The molecule has 100 valence electrons. The van der Waals surface area contributed by atoms with E-state index in [2.05, 4.69) is 14.7 Å². The van der Waals surface area contributed by atoms with Crippen LogP contribution in [-0.4, -0.2) is 25.5 Å². The molecule has 0 atom stereocenters. The monoisotopic (exact) mass is 286 g/mol. The third-order valence-electron chi connectivity index (χ3n) is 2.28. The summed E-state index contributed by atoms with van der Waals surface area (Å²) in [6.45, 7) is 0. The van der Waals surface area contributed by atoms with E-state index < -0.39 is 10.0 Å². The van der Waals surface area contributed by atoms with Gasteiger partial charge in [0.1, 0.15) is 0 Å². The van der Waals surface area contributed by atoms with Crippen molar-refractivity contribution >= 4 is 21.7 Å². The molecule has 0 saturated heterocycles. The summed E-state index contributed by atoms with van der Waals surface area (Å²) in [4.78, 5) is 7.74. The van der Waals surface area contributed by atoms with E-state index in [-0.39, 0.29) is 10.8 Å². The lowest BCUT2D eigenvalue weighted by Gasteiger charge is -2.07. The summed E-state index contributed by atoms with van der Waals surface area (Å²) in [7, 11) is -2.25. The predicted molar refractivity (Wildman–Crippen MR) is 70.2 cm³/mol. The number of rotatable bonds is 4. The minimum absolute atomic E-state index is 0.0300. The Morgan fingerprint density at radius 3 is 2.26 bits per heavy atom. The zero-order valence-electron chi connectivity index (χ0n) is 10.1. The summed E-state index contributed by atoms with van der Waals surface area (Å²) in [5, 5.41) is 0. The van der Waals surface area contributed by atoms with Crippen LogP contribution in [0.1, 0.15) is 0 Å². The molecular formula is C11H12N4O3S. The summed E-state index contributed by atoms with van der Waals surface area (Å²) in [5.41, 5.74) is 5.99. The van der Waals surface area contributed by atoms with Gasteiger partial charge in [0.15, 0.2) is 5.75 Å². The number of anilines is 2. The molecule has 0 fully saturated rings. The number of nitrogen functional groups attached to an aromatic ring is 1. The van der Waals surface area contributed by atoms with Crippen LogP contribution < -0.4 is 15.2 Å². The lowest BCUT2D eigenvalue weighted by atomic mass is 10.6. The maximum atomic E-state index is 12.0. The van der Waals surface area contributed by atoms with Crippen LogP contribution in [0.25, 0.3) is 0 Å². The molecule has 8 heteroatoms. The number of aromatic nitrogens is 2. The van der Waals surface area contributed by atoms with E-state index >= 15 is 0 Å². The molecule has 0 unspecified atom stereocenters. The molecule has 7 nitrogen and oxygen atoms in total. The third kappa shape index (κ3) is 3.10. The molecule has 1 heterocycles. The minimum atomic E-state index is -3.72. The van der Waals surface area contributed by atoms with Crippen molar-refractivity contribution in [1.82, 2.24) is 9.97 Å². The first-order valence-corrected chi connectivity index (χ1v) is 6.74. The van der Waals surface area contributed by atoms with E-state index in [0.29, 0.717) is 11.4 Å². The summed E-state index contributed by atoms with van der Waals surface area (Å²) in [6, 6.07) is 5.81. The Kier molecular flexibility index (Phi) is 3.52. The van der Waals surface area contributed by atoms with Gasteiger partial charge in [-0.25, -0.2) is 23.1 Å². The van der Waals surface area contributed by atoms with Crippen molar-refractivity contribution in [2.75, 3.05) is 17.6 Å². The molecule has 2 aromatic rings. The molecule has 2 rings (SSSR count). The first-order valence-electron chi connectivity index (χ1n) is 5.25. The van der Waals surface area contributed by atoms with Gasteiger partial charge in [-0.3, -0.25) is 0 Å². The average molecular weight is 286 g/mol. The zero-order valence-corrected chi connectivity index (χ0v) is 10.9. The lowest BCUT2D eigenvalue weighted by molar-refractivity contribution is 0.411. The molecule has 0 aliphatic rings. The largest absolute Gasteiger partial charge is 0.494 e. The van der Waals surface area contributed by atoms with Crippen molar-refractivity contribution < 1.29 is 13.2 Å². The fraction of sp³-hybridized carbons (Fsp3) is 0.0909. The van der Waals surface area contributed by atoms with E-state index in [9.17, 15) is 8.42 Å². The highest BCUT2D eigenvalue weighted by Gasteiger charge is 2.15. The van der Waals surface area contributed by atoms with Gasteiger partial charge in [0.05, 0.1) is 24.4 Å². The van der Waals surface area contributed by atoms with Crippen LogP contribution in [0, 0.1) is 0 Å². The molecule has 0 saturated carbocycles. The number of methoxy groups -OCH3 is 1. The number of nitrogens with zero attached hydrogens (tertiary/aromatic N) is 2. The van der Waals surface area contributed by atoms with Crippen LogP contribution >= 0.6 is 0 Å². The molecule has 0 bridgehead atoms. The van der Waals surface area contributed by atoms with Crippen LogP contribution in [0.2, 0.25) is 0 Å². The second-order valence-corrected chi connectivity index (χ2v) is 5.30. The highest BCUT2D eigenvalue weighted by Crippen LogP contribution is 2.15. The van der Waals surface area contributed by atoms with E-state index in [0.717, 1.165) is 0 Å². The fourth-order valence-corrected chi connectivity index (χ4v) is 2.26. The third-order valence-corrected chi connectivity index (χ3v) is 3.62. The molecule has 0 radical (unpaired) electrons. The fourth-order valence-electron chi connectivity index (χ4n) is 1.30. The molecule has 3 N–H and O–H groups in total. The van der Waals surface area contributed by atoms with Crippen molar-refractivity contribution in [1.29, 1.82) is 0 Å². The molecule has 0 spiro atoms. The topological polar surface area (TPSA) is 107 Å². The van der Waals surface area contributed by atoms with Crippen LogP contribution in [0.5, 0.6) is 5.75 Å². The van der Waals surface area contributed by atoms with Gasteiger partial charge in [-0.2, -0.15) is 0 Å². The second kappa shape index (κ2) is 5.11.